The van der Waals surface area contributed by atoms with Crippen molar-refractivity contribution in [3.8, 4) is 0 Å². The van der Waals surface area contributed by atoms with E-state index in [9.17, 15) is 0 Å². The summed E-state index contributed by atoms with van der Waals surface area (Å²) in [5.41, 5.74) is 0. The molecule has 1 fully saturated rings. The zero-order valence-corrected chi connectivity index (χ0v) is 14.5. The lowest BCUT2D eigenvalue weighted by Crippen LogP contribution is -2.38. The highest BCUT2D eigenvalue weighted by atomic mass is 127. The molecule has 0 saturated heterocycles. The summed E-state index contributed by atoms with van der Waals surface area (Å²) in [6.45, 7) is 9.61. The zero-order chi connectivity index (χ0) is 12.5. The van der Waals surface area contributed by atoms with Gasteiger partial charge in [-0.3, -0.25) is 4.99 Å². The van der Waals surface area contributed by atoms with Crippen molar-refractivity contribution in [2.45, 2.75) is 52.9 Å². The van der Waals surface area contributed by atoms with E-state index in [-0.39, 0.29) is 24.0 Å². The molecule has 0 aromatic heterocycles. The van der Waals surface area contributed by atoms with Crippen LogP contribution in [0.15, 0.2) is 4.99 Å². The first-order valence-electron chi connectivity index (χ1n) is 7.28. The van der Waals surface area contributed by atoms with Gasteiger partial charge in [0.1, 0.15) is 0 Å². The highest BCUT2D eigenvalue weighted by Gasteiger charge is 2.18. The van der Waals surface area contributed by atoms with Crippen molar-refractivity contribution in [1.29, 1.82) is 0 Å². The molecule has 1 aliphatic carbocycles. The molecule has 0 amide bonds. The van der Waals surface area contributed by atoms with E-state index in [1.54, 1.807) is 0 Å². The van der Waals surface area contributed by atoms with Crippen molar-refractivity contribution in [3.63, 3.8) is 0 Å². The smallest absolute Gasteiger partial charge is 0.191 e. The van der Waals surface area contributed by atoms with E-state index in [1.807, 2.05) is 0 Å². The van der Waals surface area contributed by atoms with E-state index in [4.69, 9.17) is 4.99 Å². The Labute approximate surface area is 130 Å². The summed E-state index contributed by atoms with van der Waals surface area (Å²) in [6.07, 6.45) is 6.66. The van der Waals surface area contributed by atoms with Crippen LogP contribution in [0.2, 0.25) is 0 Å². The van der Waals surface area contributed by atoms with Crippen molar-refractivity contribution in [2.24, 2.45) is 16.8 Å². The summed E-state index contributed by atoms with van der Waals surface area (Å²) in [5, 5.41) is 6.67. The number of rotatable bonds is 5. The first kappa shape index (κ1) is 18.0. The number of guanidine groups is 1. The minimum atomic E-state index is 0. The molecule has 3 nitrogen and oxygen atoms in total. The molecule has 0 aromatic carbocycles. The van der Waals surface area contributed by atoms with Gasteiger partial charge in [-0.15, -0.1) is 24.0 Å². The standard InChI is InChI=1S/C14H29N3.HI/c1-4-9-16-14(15-5-2)17-11-13-8-6-7-12(3)10-13;/h12-13H,4-11H2,1-3H3,(H2,15,16,17);1H. The summed E-state index contributed by atoms with van der Waals surface area (Å²) in [7, 11) is 0. The van der Waals surface area contributed by atoms with Crippen LogP contribution in [0, 0.1) is 11.8 Å². The van der Waals surface area contributed by atoms with Crippen LogP contribution in [-0.4, -0.2) is 25.6 Å². The van der Waals surface area contributed by atoms with Crippen LogP contribution in [0.3, 0.4) is 0 Å². The molecule has 1 rings (SSSR count). The normalized spacial score (nSPS) is 24.3. The van der Waals surface area contributed by atoms with E-state index < -0.39 is 0 Å². The summed E-state index contributed by atoms with van der Waals surface area (Å²) in [4.78, 5) is 4.70. The summed E-state index contributed by atoms with van der Waals surface area (Å²) >= 11 is 0. The maximum absolute atomic E-state index is 4.70. The Balaban J connectivity index is 0.00000289. The van der Waals surface area contributed by atoms with Crippen LogP contribution >= 0.6 is 24.0 Å². The largest absolute Gasteiger partial charge is 0.357 e. The monoisotopic (exact) mass is 367 g/mol. The highest BCUT2D eigenvalue weighted by molar-refractivity contribution is 14.0. The number of nitrogens with zero attached hydrogens (tertiary/aromatic N) is 1. The number of aliphatic imine (C=N–C) groups is 1. The fraction of sp³-hybridized carbons (Fsp3) is 0.929. The van der Waals surface area contributed by atoms with Gasteiger partial charge in [0.05, 0.1) is 0 Å². The van der Waals surface area contributed by atoms with Crippen LogP contribution in [0.25, 0.3) is 0 Å². The van der Waals surface area contributed by atoms with Gasteiger partial charge in [0, 0.05) is 19.6 Å². The molecule has 0 radical (unpaired) electrons. The Hall–Kier alpha value is 0. The molecule has 4 heteroatoms. The van der Waals surface area contributed by atoms with Crippen LogP contribution in [0.4, 0.5) is 0 Å². The van der Waals surface area contributed by atoms with Gasteiger partial charge in [-0.25, -0.2) is 0 Å². The van der Waals surface area contributed by atoms with Crippen molar-refractivity contribution < 1.29 is 0 Å². The number of hydrogen-bond donors (Lipinski definition) is 2. The maximum Gasteiger partial charge on any atom is 0.191 e. The van der Waals surface area contributed by atoms with E-state index >= 15 is 0 Å². The second-order valence-corrected chi connectivity index (χ2v) is 5.28. The molecular formula is C14H30IN3. The Morgan fingerprint density at radius 1 is 1.22 bits per heavy atom. The predicted molar refractivity (Wildman–Crippen MR) is 90.8 cm³/mol. The molecule has 0 heterocycles. The second kappa shape index (κ2) is 10.9. The molecule has 1 aliphatic rings. The minimum Gasteiger partial charge on any atom is -0.357 e. The molecule has 18 heavy (non-hydrogen) atoms. The second-order valence-electron chi connectivity index (χ2n) is 5.28. The first-order valence-corrected chi connectivity index (χ1v) is 7.28. The Morgan fingerprint density at radius 2 is 2.00 bits per heavy atom. The van der Waals surface area contributed by atoms with E-state index in [0.29, 0.717) is 0 Å². The molecular weight excluding hydrogens is 337 g/mol. The third-order valence-electron chi connectivity index (χ3n) is 3.44. The third-order valence-corrected chi connectivity index (χ3v) is 3.44. The number of halogens is 1. The zero-order valence-electron chi connectivity index (χ0n) is 12.2. The predicted octanol–water partition coefficient (Wildman–Crippen LogP) is 3.40. The molecule has 108 valence electrons. The molecule has 0 spiro atoms. The van der Waals surface area contributed by atoms with Crippen LogP contribution in [-0.2, 0) is 0 Å². The molecule has 1 saturated carbocycles. The summed E-state index contributed by atoms with van der Waals surface area (Å²) in [5.74, 6) is 2.69. The molecule has 0 aliphatic heterocycles. The van der Waals surface area contributed by atoms with Gasteiger partial charge in [0.15, 0.2) is 5.96 Å². The minimum absolute atomic E-state index is 0. The summed E-state index contributed by atoms with van der Waals surface area (Å²) in [6, 6.07) is 0. The molecule has 2 N–H and O–H groups in total. The van der Waals surface area contributed by atoms with E-state index in [2.05, 4.69) is 31.4 Å². The van der Waals surface area contributed by atoms with Gasteiger partial charge >= 0.3 is 0 Å². The molecule has 2 unspecified atom stereocenters. The highest BCUT2D eigenvalue weighted by Crippen LogP contribution is 2.28. The lowest BCUT2D eigenvalue weighted by molar-refractivity contribution is 0.289. The Morgan fingerprint density at radius 3 is 2.61 bits per heavy atom. The average molecular weight is 367 g/mol. The van der Waals surface area contributed by atoms with Crippen molar-refractivity contribution in [3.05, 3.63) is 0 Å². The molecule has 0 bridgehead atoms. The van der Waals surface area contributed by atoms with Gasteiger partial charge in [0.2, 0.25) is 0 Å². The fourth-order valence-electron chi connectivity index (χ4n) is 2.53. The first-order chi connectivity index (χ1) is 8.26. The Bertz CT molecular complexity index is 231. The lowest BCUT2D eigenvalue weighted by Gasteiger charge is -2.25. The lowest BCUT2D eigenvalue weighted by atomic mass is 9.82. The van der Waals surface area contributed by atoms with Gasteiger partial charge in [-0.1, -0.05) is 26.7 Å². The third kappa shape index (κ3) is 7.44. The molecule has 2 atom stereocenters. The fourth-order valence-corrected chi connectivity index (χ4v) is 2.53. The SMILES string of the molecule is CCCNC(=NCC1CCCC(C)C1)NCC.I. The van der Waals surface area contributed by atoms with Gasteiger partial charge in [-0.05, 0) is 38.0 Å². The van der Waals surface area contributed by atoms with Gasteiger partial charge in [-0.2, -0.15) is 0 Å². The van der Waals surface area contributed by atoms with E-state index in [1.165, 1.54) is 25.7 Å². The topological polar surface area (TPSA) is 36.4 Å². The Kier molecular flexibility index (Phi) is 10.9. The van der Waals surface area contributed by atoms with E-state index in [0.717, 1.165) is 43.9 Å². The van der Waals surface area contributed by atoms with Crippen molar-refractivity contribution in [1.82, 2.24) is 10.6 Å². The van der Waals surface area contributed by atoms with Gasteiger partial charge in [0.25, 0.3) is 0 Å². The molecule has 0 aromatic rings. The van der Waals surface area contributed by atoms with Crippen LogP contribution in [0.1, 0.15) is 52.9 Å². The summed E-state index contributed by atoms with van der Waals surface area (Å²) < 4.78 is 0. The van der Waals surface area contributed by atoms with Crippen LogP contribution in [0.5, 0.6) is 0 Å². The van der Waals surface area contributed by atoms with Gasteiger partial charge < -0.3 is 10.6 Å². The maximum atomic E-state index is 4.70. The van der Waals surface area contributed by atoms with Crippen molar-refractivity contribution in [2.75, 3.05) is 19.6 Å². The number of hydrogen-bond acceptors (Lipinski definition) is 1. The van der Waals surface area contributed by atoms with Crippen LogP contribution < -0.4 is 10.6 Å². The van der Waals surface area contributed by atoms with Crippen molar-refractivity contribution >= 4 is 29.9 Å². The quantitative estimate of drug-likeness (QED) is 0.444. The average Bonchev–Trinajstić information content (AvgIpc) is 2.33. The number of nitrogens with one attached hydrogen (secondary N) is 2.